The van der Waals surface area contributed by atoms with Crippen LogP contribution in [0.25, 0.3) is 38.3 Å². The minimum atomic E-state index is -0.238. The Morgan fingerprint density at radius 3 is 1.47 bits per heavy atom. The summed E-state index contributed by atoms with van der Waals surface area (Å²) in [5.74, 6) is 5.58. The molecule has 4 fully saturated rings. The normalized spacial score (nSPS) is 16.0. The Bertz CT molecular complexity index is 5630. The van der Waals surface area contributed by atoms with Gasteiger partial charge in [0.05, 0.1) is 43.5 Å². The number of allylic oxidation sites excluding steroid dienone is 2. The average Bonchev–Trinajstić information content (AvgIpc) is 1.63. The summed E-state index contributed by atoms with van der Waals surface area (Å²) in [5, 5.41) is 9.05. The number of carbonyl (C=O) groups is 6. The van der Waals surface area contributed by atoms with E-state index in [9.17, 15) is 33.2 Å². The van der Waals surface area contributed by atoms with Gasteiger partial charge < -0.3 is 62.9 Å². The SMILES string of the molecule is CCCCC(=O)C1=CC(CCCN2CCC(Oc3ccc(F)cc3)CC2)c2ccc(OC)cc21.CCCCC1CCN(CCCn2cc(C(C)=O)c3ccccc32)CC1.COc1cccc2c(C(=O)NCC(C)C)cn(CCCN3CCC(C(=O)c4ccccc4)CC3)c12.COc1cccc2c(C(=O)NCc3cccc(C)c3)cn(CCCN3CCC(C(=O)c4ccccc4)CC3)c12. The average molecular weight is 1810 g/mol. The smallest absolute Gasteiger partial charge is 0.253 e. The molecule has 1 unspecified atom stereocenters. The number of carbonyl (C=O) groups excluding carboxylic acids is 6. The van der Waals surface area contributed by atoms with Crippen molar-refractivity contribution in [2.75, 3.05) is 106 Å². The molecule has 0 radical (unpaired) electrons. The van der Waals surface area contributed by atoms with Crippen LogP contribution in [0.3, 0.4) is 0 Å². The maximum absolute atomic E-state index is 13.2. The minimum absolute atomic E-state index is 0.0409. The van der Waals surface area contributed by atoms with Crippen molar-refractivity contribution in [1.82, 2.24) is 43.9 Å². The summed E-state index contributed by atoms with van der Waals surface area (Å²) < 4.78 is 42.4. The number of ketones is 4. The van der Waals surface area contributed by atoms with Gasteiger partial charge in [-0.2, -0.15) is 0 Å². The Kier molecular flexibility index (Phi) is 37.4. The number of hydrogen-bond acceptors (Lipinski definition) is 14. The first-order chi connectivity index (χ1) is 64.8. The van der Waals surface area contributed by atoms with Crippen LogP contribution in [0.1, 0.15) is 237 Å². The first kappa shape index (κ1) is 99.2. The molecule has 3 aromatic heterocycles. The topological polar surface area (TPSA) is 191 Å². The number of halogens is 1. The number of para-hydroxylation sites is 3. The number of fused-ring (bicyclic) bond motifs is 4. The largest absolute Gasteiger partial charge is 0.497 e. The van der Waals surface area contributed by atoms with Gasteiger partial charge >= 0.3 is 0 Å². The summed E-state index contributed by atoms with van der Waals surface area (Å²) in [6, 6.07) is 59.9. The van der Waals surface area contributed by atoms with Gasteiger partial charge in [0.15, 0.2) is 23.1 Å². The molecule has 8 aromatic carbocycles. The van der Waals surface area contributed by atoms with Crippen LogP contribution >= 0.6 is 0 Å². The minimum Gasteiger partial charge on any atom is -0.497 e. The fraction of sp³-hybridized carbons (Fsp3) is 0.451. The van der Waals surface area contributed by atoms with Gasteiger partial charge in [-0.1, -0.05) is 198 Å². The number of nitrogens with one attached hydrogen (secondary N) is 2. The number of Topliss-reactive ketones (excluding diaryl/α,β-unsaturated/α-hetero) is 4. The third kappa shape index (κ3) is 27.5. The van der Waals surface area contributed by atoms with Crippen molar-refractivity contribution in [3.8, 4) is 23.0 Å². The molecule has 7 heterocycles. The van der Waals surface area contributed by atoms with Crippen LogP contribution < -0.4 is 29.6 Å². The van der Waals surface area contributed by atoms with Gasteiger partial charge in [0.2, 0.25) is 0 Å². The fourth-order valence-electron chi connectivity index (χ4n) is 19.8. The van der Waals surface area contributed by atoms with Crippen LogP contribution in [0, 0.1) is 36.4 Å². The zero-order chi connectivity index (χ0) is 93.5. The lowest BCUT2D eigenvalue weighted by Crippen LogP contribution is -2.38. The Morgan fingerprint density at radius 2 is 0.947 bits per heavy atom. The first-order valence-electron chi connectivity index (χ1n) is 49.2. The Labute approximate surface area is 788 Å². The molecule has 16 rings (SSSR count). The lowest BCUT2D eigenvalue weighted by Gasteiger charge is -2.32. The third-order valence-electron chi connectivity index (χ3n) is 27.4. The highest BCUT2D eigenvalue weighted by atomic mass is 19.1. The lowest BCUT2D eigenvalue weighted by molar-refractivity contribution is -0.113. The predicted octanol–water partition coefficient (Wildman–Crippen LogP) is 22.4. The fourth-order valence-corrected chi connectivity index (χ4v) is 19.8. The van der Waals surface area contributed by atoms with Crippen LogP contribution in [-0.4, -0.2) is 181 Å². The summed E-state index contributed by atoms with van der Waals surface area (Å²) in [5.41, 5.74) is 12.4. The number of aryl methyl sites for hydroxylation is 4. The molecule has 5 aliphatic rings. The molecule has 4 aliphatic heterocycles. The summed E-state index contributed by atoms with van der Waals surface area (Å²) in [7, 11) is 5.01. The molecule has 20 heteroatoms. The van der Waals surface area contributed by atoms with E-state index in [2.05, 4.69) is 121 Å². The highest BCUT2D eigenvalue weighted by Gasteiger charge is 2.32. The molecule has 133 heavy (non-hydrogen) atoms. The maximum atomic E-state index is 13.2. The van der Waals surface area contributed by atoms with E-state index >= 15 is 0 Å². The molecule has 0 bridgehead atoms. The number of hydrogen-bond donors (Lipinski definition) is 2. The predicted molar refractivity (Wildman–Crippen MR) is 535 cm³/mol. The van der Waals surface area contributed by atoms with Crippen molar-refractivity contribution in [1.29, 1.82) is 0 Å². The second-order valence-corrected chi connectivity index (χ2v) is 37.4. The van der Waals surface area contributed by atoms with E-state index in [0.717, 1.165) is 252 Å². The maximum Gasteiger partial charge on any atom is 0.253 e. The van der Waals surface area contributed by atoms with Crippen molar-refractivity contribution in [2.24, 2.45) is 23.7 Å². The number of nitrogens with zero attached hydrogens (tertiary/aromatic N) is 7. The monoisotopic (exact) mass is 1800 g/mol. The van der Waals surface area contributed by atoms with E-state index < -0.39 is 0 Å². The zero-order valence-electron chi connectivity index (χ0n) is 80.2. The number of piperidine rings is 4. The molecular formula is C113H142FN9O10. The van der Waals surface area contributed by atoms with Gasteiger partial charge in [-0.3, -0.25) is 28.8 Å². The number of rotatable bonds is 39. The van der Waals surface area contributed by atoms with Crippen LogP contribution in [0.5, 0.6) is 23.0 Å². The quantitative estimate of drug-likeness (QED) is 0.0346. The number of methoxy groups -OCH3 is 3. The molecule has 706 valence electrons. The molecule has 19 nitrogen and oxygen atoms in total. The van der Waals surface area contributed by atoms with Gasteiger partial charge in [0, 0.05) is 133 Å². The standard InChI is InChI=1S/C33H37N3O3.C29H36FNO3.C29H37N3O3.C22H32N2O/c1-24-9-6-10-25(21-24)22-34-33(38)29-23-36(31-28(29)13-7-14-30(31)39-2)18-8-17-35-19-15-27(16-20-35)32(37)26-11-4-3-5-12-26;1-3-4-7-29(32)28-19-21(26-13-12-25(33-2)20-27(26)28)6-5-16-31-17-14-24(15-18-31)34-23-10-8-22(30)9-11-23;1-21(2)19-30-29(34)25-20-32(27-24(25)11-7-12-26(27)35-3)16-8-15-31-17-13-23(14-18-31)28(33)22-9-5-4-6-10-22;1-3-4-8-19-11-15-23(16-12-19)13-7-14-24-17-21(18(2)25)20-9-5-6-10-22(20)24/h3-7,9-14,21,23,27H,8,15-20,22H2,1-2H3,(H,34,38);8-13,19-21,24H,3-7,14-18H2,1-2H3;4-7,9-12,20-21,23H,8,13-19H2,1-3H3,(H,30,34);5-6,9-10,17,19H,3-4,7-8,11-16H2,1-2H3. The van der Waals surface area contributed by atoms with E-state index in [1.807, 2.05) is 146 Å². The van der Waals surface area contributed by atoms with Gasteiger partial charge in [0.1, 0.15) is 34.9 Å². The number of ether oxygens (including phenoxy) is 4. The lowest BCUT2D eigenvalue weighted by atomic mass is 9.89. The number of benzene rings is 8. The molecule has 0 spiro atoms. The molecule has 11 aromatic rings. The van der Waals surface area contributed by atoms with Gasteiger partial charge in [-0.15, -0.1) is 0 Å². The van der Waals surface area contributed by atoms with Crippen LogP contribution in [0.15, 0.2) is 213 Å². The molecule has 1 atom stereocenters. The van der Waals surface area contributed by atoms with E-state index in [1.165, 1.54) is 80.5 Å². The van der Waals surface area contributed by atoms with Crippen molar-refractivity contribution in [3.63, 3.8) is 0 Å². The molecule has 2 N–H and O–H groups in total. The van der Waals surface area contributed by atoms with Crippen molar-refractivity contribution < 1.29 is 52.1 Å². The highest BCUT2D eigenvalue weighted by molar-refractivity contribution is 6.22. The van der Waals surface area contributed by atoms with Crippen molar-refractivity contribution in [2.45, 2.75) is 202 Å². The molecule has 2 amide bonds. The van der Waals surface area contributed by atoms with E-state index in [1.54, 1.807) is 40.4 Å². The Morgan fingerprint density at radius 1 is 0.459 bits per heavy atom. The Balaban J connectivity index is 0.000000152. The third-order valence-corrected chi connectivity index (χ3v) is 27.4. The molecule has 0 saturated carbocycles. The van der Waals surface area contributed by atoms with Crippen LogP contribution in [-0.2, 0) is 31.0 Å². The van der Waals surface area contributed by atoms with Crippen LogP contribution in [0.4, 0.5) is 4.39 Å². The van der Waals surface area contributed by atoms with Crippen molar-refractivity contribution in [3.05, 3.63) is 269 Å². The highest BCUT2D eigenvalue weighted by Crippen LogP contribution is 2.42. The van der Waals surface area contributed by atoms with Gasteiger partial charge in [0.25, 0.3) is 11.8 Å². The molecule has 1 aliphatic carbocycles. The second-order valence-electron chi connectivity index (χ2n) is 37.4. The Hall–Kier alpha value is -11.3. The number of unbranched alkanes of at least 4 members (excludes halogenated alkanes) is 2. The first-order valence-corrected chi connectivity index (χ1v) is 49.2. The number of amides is 2. The summed E-state index contributed by atoms with van der Waals surface area (Å²) >= 11 is 0. The van der Waals surface area contributed by atoms with Crippen molar-refractivity contribution >= 4 is 73.2 Å². The van der Waals surface area contributed by atoms with Gasteiger partial charge in [-0.05, 0) is 252 Å². The van der Waals surface area contributed by atoms with E-state index in [0.29, 0.717) is 42.5 Å². The van der Waals surface area contributed by atoms with E-state index in [4.69, 9.17) is 18.9 Å². The molecule has 4 saturated heterocycles. The van der Waals surface area contributed by atoms with Gasteiger partial charge in [-0.25, -0.2) is 4.39 Å². The van der Waals surface area contributed by atoms with E-state index in [-0.39, 0.29) is 58.7 Å². The summed E-state index contributed by atoms with van der Waals surface area (Å²) in [4.78, 5) is 86.5. The summed E-state index contributed by atoms with van der Waals surface area (Å²) in [6.45, 7) is 28.5. The second kappa shape index (κ2) is 50.2. The zero-order valence-corrected chi connectivity index (χ0v) is 80.2. The summed E-state index contributed by atoms with van der Waals surface area (Å²) in [6.07, 6.45) is 28.6. The number of aromatic nitrogens is 3. The van der Waals surface area contributed by atoms with Crippen LogP contribution in [0.2, 0.25) is 0 Å². The molecular weight excluding hydrogens is 1660 g/mol. The number of likely N-dealkylation sites (tertiary alicyclic amines) is 4.